The van der Waals surface area contributed by atoms with Crippen molar-refractivity contribution in [2.75, 3.05) is 18.0 Å². The minimum Gasteiger partial charge on any atom is -0.366 e. The monoisotopic (exact) mass is 273 g/mol. The van der Waals surface area contributed by atoms with Gasteiger partial charge in [0.1, 0.15) is 18.3 Å². The second-order valence-electron chi connectivity index (χ2n) is 4.85. The van der Waals surface area contributed by atoms with Gasteiger partial charge in [-0.3, -0.25) is 14.7 Å². The van der Waals surface area contributed by atoms with Gasteiger partial charge in [-0.1, -0.05) is 0 Å². The molecule has 1 aromatic carbocycles. The fourth-order valence-electron chi connectivity index (χ4n) is 2.55. The molecule has 1 aliphatic heterocycles. The highest BCUT2D eigenvalue weighted by Crippen LogP contribution is 2.32. The lowest BCUT2D eigenvalue weighted by atomic mass is 10.1. The molecule has 3 rings (SSSR count). The number of nitro benzene ring substituents is 1. The van der Waals surface area contributed by atoms with E-state index in [-0.39, 0.29) is 10.6 Å². The molecule has 2 aromatic rings. The molecule has 0 atom stereocenters. The summed E-state index contributed by atoms with van der Waals surface area (Å²) in [6.45, 7) is 1.76. The van der Waals surface area contributed by atoms with Crippen molar-refractivity contribution < 1.29 is 4.92 Å². The summed E-state index contributed by atoms with van der Waals surface area (Å²) >= 11 is 0. The van der Waals surface area contributed by atoms with Gasteiger partial charge in [0.15, 0.2) is 0 Å². The standard InChI is InChI=1S/C13H15N5O2/c19-18(20)13-8-11(17-9-14-15-10-17)4-5-12(13)16-6-2-1-3-7-16/h4-5,8-10H,1-3,6-7H2. The quantitative estimate of drug-likeness (QED) is 0.632. The van der Waals surface area contributed by atoms with E-state index in [2.05, 4.69) is 15.1 Å². The normalized spacial score (nSPS) is 15.3. The Bertz CT molecular complexity index is 605. The molecule has 0 radical (unpaired) electrons. The van der Waals surface area contributed by atoms with Gasteiger partial charge >= 0.3 is 0 Å². The van der Waals surface area contributed by atoms with Crippen LogP contribution in [0.5, 0.6) is 0 Å². The molecule has 0 bridgehead atoms. The minimum absolute atomic E-state index is 0.137. The fourth-order valence-corrected chi connectivity index (χ4v) is 2.55. The summed E-state index contributed by atoms with van der Waals surface area (Å²) in [5, 5.41) is 18.8. The number of rotatable bonds is 3. The van der Waals surface area contributed by atoms with Gasteiger partial charge in [0.25, 0.3) is 5.69 Å². The number of aromatic nitrogens is 3. The molecule has 1 fully saturated rings. The smallest absolute Gasteiger partial charge is 0.294 e. The predicted molar refractivity (Wildman–Crippen MR) is 74.1 cm³/mol. The Morgan fingerprint density at radius 2 is 1.80 bits per heavy atom. The Balaban J connectivity index is 2.00. The van der Waals surface area contributed by atoms with Crippen molar-refractivity contribution in [2.24, 2.45) is 0 Å². The Morgan fingerprint density at radius 3 is 2.45 bits per heavy atom. The second-order valence-corrected chi connectivity index (χ2v) is 4.85. The number of hydrogen-bond acceptors (Lipinski definition) is 5. The summed E-state index contributed by atoms with van der Waals surface area (Å²) in [5.41, 5.74) is 1.53. The maximum Gasteiger partial charge on any atom is 0.294 e. The van der Waals surface area contributed by atoms with Crippen LogP contribution in [-0.2, 0) is 0 Å². The van der Waals surface area contributed by atoms with E-state index in [1.165, 1.54) is 19.1 Å². The average molecular weight is 273 g/mol. The number of anilines is 1. The average Bonchev–Trinajstić information content (AvgIpc) is 3.02. The molecule has 20 heavy (non-hydrogen) atoms. The van der Waals surface area contributed by atoms with Gasteiger partial charge in [-0.15, -0.1) is 10.2 Å². The van der Waals surface area contributed by atoms with Gasteiger partial charge in [-0.2, -0.15) is 0 Å². The minimum atomic E-state index is -0.322. The van der Waals surface area contributed by atoms with E-state index in [1.54, 1.807) is 10.6 Å². The Labute approximate surface area is 116 Å². The molecule has 0 amide bonds. The molecule has 0 spiro atoms. The van der Waals surface area contributed by atoms with Gasteiger partial charge in [0.05, 0.1) is 10.6 Å². The topological polar surface area (TPSA) is 77.1 Å². The molecule has 0 saturated carbocycles. The molecule has 7 nitrogen and oxygen atoms in total. The lowest BCUT2D eigenvalue weighted by Crippen LogP contribution is -2.29. The first-order valence-electron chi connectivity index (χ1n) is 6.64. The van der Waals surface area contributed by atoms with E-state index >= 15 is 0 Å². The number of nitrogens with zero attached hydrogens (tertiary/aromatic N) is 5. The van der Waals surface area contributed by atoms with Crippen molar-refractivity contribution in [1.29, 1.82) is 0 Å². The van der Waals surface area contributed by atoms with E-state index < -0.39 is 0 Å². The fraction of sp³-hybridized carbons (Fsp3) is 0.385. The van der Waals surface area contributed by atoms with Crippen molar-refractivity contribution in [3.63, 3.8) is 0 Å². The number of benzene rings is 1. The van der Waals surface area contributed by atoms with E-state index in [0.29, 0.717) is 11.4 Å². The van der Waals surface area contributed by atoms with Gasteiger partial charge < -0.3 is 4.90 Å². The van der Waals surface area contributed by atoms with Crippen molar-refractivity contribution >= 4 is 11.4 Å². The Kier molecular flexibility index (Phi) is 3.32. The number of hydrogen-bond donors (Lipinski definition) is 0. The zero-order valence-electron chi connectivity index (χ0n) is 11.0. The van der Waals surface area contributed by atoms with Gasteiger partial charge in [-0.05, 0) is 31.4 Å². The second kappa shape index (κ2) is 5.28. The first kappa shape index (κ1) is 12.6. The molecular formula is C13H15N5O2. The van der Waals surface area contributed by atoms with E-state index in [9.17, 15) is 10.1 Å². The highest BCUT2D eigenvalue weighted by Gasteiger charge is 2.21. The predicted octanol–water partition coefficient (Wildman–Crippen LogP) is 2.17. The van der Waals surface area contributed by atoms with Crippen LogP contribution in [-0.4, -0.2) is 32.8 Å². The van der Waals surface area contributed by atoms with Crippen LogP contribution in [0.3, 0.4) is 0 Å². The van der Waals surface area contributed by atoms with Crippen LogP contribution in [0.15, 0.2) is 30.9 Å². The Morgan fingerprint density at radius 1 is 1.10 bits per heavy atom. The van der Waals surface area contributed by atoms with Gasteiger partial charge in [0.2, 0.25) is 0 Å². The molecule has 0 N–H and O–H groups in total. The molecule has 104 valence electrons. The first-order chi connectivity index (χ1) is 9.75. The number of piperidine rings is 1. The Hall–Kier alpha value is -2.44. The van der Waals surface area contributed by atoms with Crippen LogP contribution in [0.2, 0.25) is 0 Å². The first-order valence-corrected chi connectivity index (χ1v) is 6.64. The molecular weight excluding hydrogens is 258 g/mol. The van der Waals surface area contributed by atoms with Crippen molar-refractivity contribution in [3.8, 4) is 5.69 Å². The van der Waals surface area contributed by atoms with Crippen LogP contribution < -0.4 is 4.90 Å². The highest BCUT2D eigenvalue weighted by atomic mass is 16.6. The third kappa shape index (κ3) is 2.34. The van der Waals surface area contributed by atoms with E-state index in [4.69, 9.17) is 0 Å². The molecule has 2 heterocycles. The van der Waals surface area contributed by atoms with E-state index in [1.807, 2.05) is 12.1 Å². The maximum atomic E-state index is 11.3. The van der Waals surface area contributed by atoms with Crippen LogP contribution in [0.25, 0.3) is 5.69 Å². The van der Waals surface area contributed by atoms with Crippen molar-refractivity contribution in [3.05, 3.63) is 41.0 Å². The van der Waals surface area contributed by atoms with Crippen molar-refractivity contribution in [1.82, 2.24) is 14.8 Å². The van der Waals surface area contributed by atoms with Crippen LogP contribution >= 0.6 is 0 Å². The summed E-state index contributed by atoms with van der Waals surface area (Å²) in [6, 6.07) is 5.26. The highest BCUT2D eigenvalue weighted by molar-refractivity contribution is 5.66. The summed E-state index contributed by atoms with van der Waals surface area (Å²) in [7, 11) is 0. The number of nitro groups is 1. The molecule has 1 saturated heterocycles. The van der Waals surface area contributed by atoms with Gasteiger partial charge in [-0.25, -0.2) is 0 Å². The SMILES string of the molecule is O=[N+]([O-])c1cc(-n2cnnc2)ccc1N1CCCCC1. The van der Waals surface area contributed by atoms with Crippen molar-refractivity contribution in [2.45, 2.75) is 19.3 Å². The third-order valence-electron chi connectivity index (χ3n) is 3.57. The third-order valence-corrected chi connectivity index (χ3v) is 3.57. The largest absolute Gasteiger partial charge is 0.366 e. The van der Waals surface area contributed by atoms with Crippen LogP contribution in [0.4, 0.5) is 11.4 Å². The zero-order valence-corrected chi connectivity index (χ0v) is 11.0. The molecule has 1 aliphatic rings. The summed E-state index contributed by atoms with van der Waals surface area (Å²) in [6.07, 6.45) is 6.43. The zero-order chi connectivity index (χ0) is 13.9. The summed E-state index contributed by atoms with van der Waals surface area (Å²) < 4.78 is 1.66. The lowest BCUT2D eigenvalue weighted by molar-refractivity contribution is -0.384. The lowest BCUT2D eigenvalue weighted by Gasteiger charge is -2.28. The molecule has 0 unspecified atom stereocenters. The summed E-state index contributed by atoms with van der Waals surface area (Å²) in [4.78, 5) is 13.1. The van der Waals surface area contributed by atoms with Crippen LogP contribution in [0, 0.1) is 10.1 Å². The van der Waals surface area contributed by atoms with Crippen LogP contribution in [0.1, 0.15) is 19.3 Å². The molecule has 0 aliphatic carbocycles. The summed E-state index contributed by atoms with van der Waals surface area (Å²) in [5.74, 6) is 0. The van der Waals surface area contributed by atoms with E-state index in [0.717, 1.165) is 25.9 Å². The van der Waals surface area contributed by atoms with Gasteiger partial charge in [0, 0.05) is 19.2 Å². The molecule has 7 heteroatoms. The maximum absolute atomic E-state index is 11.3. The molecule has 1 aromatic heterocycles.